The van der Waals surface area contributed by atoms with Gasteiger partial charge >= 0.3 is 0 Å². The van der Waals surface area contributed by atoms with Crippen LogP contribution in [0.5, 0.6) is 0 Å². The molecule has 0 aliphatic rings. The third-order valence-corrected chi connectivity index (χ3v) is 3.55. The Kier molecular flexibility index (Phi) is 4.03. The number of aromatic nitrogens is 4. The molecule has 0 radical (unpaired) electrons. The number of carbonyl (C=O) groups is 1. The van der Waals surface area contributed by atoms with E-state index in [-0.39, 0.29) is 18.3 Å². The Bertz CT molecular complexity index is 872. The first-order chi connectivity index (χ1) is 11.1. The van der Waals surface area contributed by atoms with E-state index in [0.29, 0.717) is 12.3 Å². The van der Waals surface area contributed by atoms with Crippen molar-refractivity contribution >= 4 is 11.7 Å². The zero-order valence-electron chi connectivity index (χ0n) is 12.9. The van der Waals surface area contributed by atoms with Crippen molar-refractivity contribution in [2.24, 2.45) is 0 Å². The van der Waals surface area contributed by atoms with Crippen molar-refractivity contribution in [3.05, 3.63) is 58.7 Å². The lowest BCUT2D eigenvalue weighted by Crippen LogP contribution is -2.24. The maximum absolute atomic E-state index is 12.2. The van der Waals surface area contributed by atoms with Crippen molar-refractivity contribution in [1.29, 1.82) is 0 Å². The third kappa shape index (κ3) is 3.04. The first-order valence-electron chi connectivity index (χ1n) is 7.25. The molecule has 2 N–H and O–H groups in total. The average molecular weight is 311 g/mol. The van der Waals surface area contributed by atoms with Crippen LogP contribution in [0, 0.1) is 13.8 Å². The molecule has 118 valence electrons. The number of benzene rings is 1. The number of aliphatic hydroxyl groups excluding tert-OH is 1. The number of carbonyl (C=O) groups excluding carboxylic acids is 1. The molecule has 0 bridgehead atoms. The number of rotatable bonds is 4. The molecule has 23 heavy (non-hydrogen) atoms. The maximum Gasteiger partial charge on any atom is 0.291 e. The average Bonchev–Trinajstić information content (AvgIpc) is 2.97. The van der Waals surface area contributed by atoms with E-state index < -0.39 is 0 Å². The van der Waals surface area contributed by atoms with Gasteiger partial charge in [0, 0.05) is 17.9 Å². The second kappa shape index (κ2) is 6.13. The van der Waals surface area contributed by atoms with Gasteiger partial charge in [0.15, 0.2) is 0 Å². The molecule has 1 amide bonds. The lowest BCUT2D eigenvalue weighted by molar-refractivity contribution is 0.0940. The van der Waals surface area contributed by atoms with E-state index in [4.69, 9.17) is 0 Å². The van der Waals surface area contributed by atoms with E-state index >= 15 is 0 Å². The first-order valence-corrected chi connectivity index (χ1v) is 7.25. The van der Waals surface area contributed by atoms with Crippen LogP contribution in [0.2, 0.25) is 0 Å². The number of aryl methyl sites for hydroxylation is 2. The minimum Gasteiger partial charge on any atom is -0.392 e. The fraction of sp³-hybridized carbons (Fsp3) is 0.250. The number of hydrogen-bond acceptors (Lipinski definition) is 5. The summed E-state index contributed by atoms with van der Waals surface area (Å²) in [5.74, 6) is 0.108. The van der Waals surface area contributed by atoms with Gasteiger partial charge in [-0.1, -0.05) is 24.3 Å². The molecule has 7 nitrogen and oxygen atoms in total. The van der Waals surface area contributed by atoms with Gasteiger partial charge < -0.3 is 10.4 Å². The van der Waals surface area contributed by atoms with Crippen LogP contribution in [0.1, 0.15) is 33.1 Å². The van der Waals surface area contributed by atoms with Crippen molar-refractivity contribution in [2.45, 2.75) is 27.0 Å². The Balaban J connectivity index is 1.80. The highest BCUT2D eigenvalue weighted by atomic mass is 16.3. The van der Waals surface area contributed by atoms with E-state index in [1.807, 2.05) is 44.2 Å². The standard InChI is InChI=1S/C16H17N5O2/c1-10-7-11(2)21-16(18-10)19-14(20-21)15(23)17-8-12-5-3-4-6-13(12)9-22/h3-7,22H,8-9H2,1-2H3,(H,17,23). The molecule has 2 aromatic heterocycles. The van der Waals surface area contributed by atoms with Gasteiger partial charge in [0.1, 0.15) is 0 Å². The number of fused-ring (bicyclic) bond motifs is 1. The number of hydrogen-bond donors (Lipinski definition) is 2. The first kappa shape index (κ1) is 15.1. The van der Waals surface area contributed by atoms with Crippen LogP contribution in [0.25, 0.3) is 5.78 Å². The Labute approximate surface area is 133 Å². The van der Waals surface area contributed by atoms with Crippen LogP contribution < -0.4 is 5.32 Å². The van der Waals surface area contributed by atoms with Crippen molar-refractivity contribution < 1.29 is 9.90 Å². The highest BCUT2D eigenvalue weighted by Crippen LogP contribution is 2.09. The smallest absolute Gasteiger partial charge is 0.291 e. The molecule has 0 spiro atoms. The SMILES string of the molecule is Cc1cc(C)n2nc(C(=O)NCc3ccccc3CO)nc2n1. The molecule has 0 atom stereocenters. The number of amides is 1. The summed E-state index contributed by atoms with van der Waals surface area (Å²) in [7, 11) is 0. The number of nitrogens with zero attached hydrogens (tertiary/aromatic N) is 4. The Hall–Kier alpha value is -2.80. The van der Waals surface area contributed by atoms with Gasteiger partial charge in [0.05, 0.1) is 6.61 Å². The zero-order valence-corrected chi connectivity index (χ0v) is 12.9. The van der Waals surface area contributed by atoms with Gasteiger partial charge in [-0.05, 0) is 31.0 Å². The molecule has 3 rings (SSSR count). The third-order valence-electron chi connectivity index (χ3n) is 3.55. The van der Waals surface area contributed by atoms with E-state index in [9.17, 15) is 9.90 Å². The number of nitrogens with one attached hydrogen (secondary N) is 1. The van der Waals surface area contributed by atoms with Crippen LogP contribution in [0.3, 0.4) is 0 Å². The summed E-state index contributed by atoms with van der Waals surface area (Å²) < 4.78 is 1.55. The lowest BCUT2D eigenvalue weighted by Gasteiger charge is -2.07. The van der Waals surface area contributed by atoms with Gasteiger partial charge in [-0.15, -0.1) is 5.10 Å². The fourth-order valence-electron chi connectivity index (χ4n) is 2.40. The normalized spacial score (nSPS) is 10.9. The zero-order chi connectivity index (χ0) is 16.4. The second-order valence-corrected chi connectivity index (χ2v) is 5.30. The van der Waals surface area contributed by atoms with Crippen molar-refractivity contribution in [3.63, 3.8) is 0 Å². The summed E-state index contributed by atoms with van der Waals surface area (Å²) in [6.07, 6.45) is 0. The lowest BCUT2D eigenvalue weighted by atomic mass is 10.1. The van der Waals surface area contributed by atoms with Gasteiger partial charge in [-0.3, -0.25) is 4.79 Å². The molecular weight excluding hydrogens is 294 g/mol. The molecule has 3 aromatic rings. The predicted octanol–water partition coefficient (Wildman–Crippen LogP) is 1.16. The predicted molar refractivity (Wildman–Crippen MR) is 83.8 cm³/mol. The molecule has 0 aliphatic carbocycles. The Morgan fingerprint density at radius 3 is 2.70 bits per heavy atom. The highest BCUT2D eigenvalue weighted by Gasteiger charge is 2.15. The number of aliphatic hydroxyl groups is 1. The highest BCUT2D eigenvalue weighted by molar-refractivity contribution is 5.90. The molecule has 0 unspecified atom stereocenters. The van der Waals surface area contributed by atoms with Crippen molar-refractivity contribution in [1.82, 2.24) is 24.9 Å². The van der Waals surface area contributed by atoms with Crippen LogP contribution in [0.15, 0.2) is 30.3 Å². The molecule has 0 aliphatic heterocycles. The molecule has 0 fully saturated rings. The summed E-state index contributed by atoms with van der Waals surface area (Å²) in [5.41, 5.74) is 3.33. The maximum atomic E-state index is 12.2. The van der Waals surface area contributed by atoms with Crippen LogP contribution in [-0.4, -0.2) is 30.6 Å². The van der Waals surface area contributed by atoms with Crippen molar-refractivity contribution in [3.8, 4) is 0 Å². The molecular formula is C16H17N5O2. The quantitative estimate of drug-likeness (QED) is 0.754. The van der Waals surface area contributed by atoms with Crippen molar-refractivity contribution in [2.75, 3.05) is 0 Å². The van der Waals surface area contributed by atoms with E-state index in [1.165, 1.54) is 0 Å². The Morgan fingerprint density at radius 1 is 1.22 bits per heavy atom. The molecule has 2 heterocycles. The van der Waals surface area contributed by atoms with E-state index in [1.54, 1.807) is 4.52 Å². The largest absolute Gasteiger partial charge is 0.392 e. The van der Waals surface area contributed by atoms with Gasteiger partial charge in [0.25, 0.3) is 11.7 Å². The summed E-state index contributed by atoms with van der Waals surface area (Å²) in [6.45, 7) is 3.99. The summed E-state index contributed by atoms with van der Waals surface area (Å²) in [5, 5.41) is 16.3. The van der Waals surface area contributed by atoms with E-state index in [0.717, 1.165) is 22.5 Å². The molecule has 0 saturated heterocycles. The molecule has 0 saturated carbocycles. The minimum absolute atomic E-state index is 0.0684. The minimum atomic E-state index is -0.375. The summed E-state index contributed by atoms with van der Waals surface area (Å²) in [4.78, 5) is 20.7. The van der Waals surface area contributed by atoms with Crippen LogP contribution in [0.4, 0.5) is 0 Å². The van der Waals surface area contributed by atoms with Gasteiger partial charge in [0.2, 0.25) is 5.82 Å². The van der Waals surface area contributed by atoms with Crippen LogP contribution in [-0.2, 0) is 13.2 Å². The summed E-state index contributed by atoms with van der Waals surface area (Å²) in [6, 6.07) is 9.26. The van der Waals surface area contributed by atoms with Gasteiger partial charge in [-0.2, -0.15) is 4.98 Å². The fourth-order valence-corrected chi connectivity index (χ4v) is 2.40. The van der Waals surface area contributed by atoms with E-state index in [2.05, 4.69) is 20.4 Å². The van der Waals surface area contributed by atoms with Crippen LogP contribution >= 0.6 is 0 Å². The molecule has 7 heteroatoms. The monoisotopic (exact) mass is 311 g/mol. The second-order valence-electron chi connectivity index (χ2n) is 5.30. The Morgan fingerprint density at radius 2 is 1.96 bits per heavy atom. The molecule has 1 aromatic carbocycles. The topological polar surface area (TPSA) is 92.4 Å². The van der Waals surface area contributed by atoms with Gasteiger partial charge in [-0.25, -0.2) is 9.50 Å². The summed E-state index contributed by atoms with van der Waals surface area (Å²) >= 11 is 0.